The Morgan fingerprint density at radius 1 is 1.42 bits per heavy atom. The van der Waals surface area contributed by atoms with Crippen LogP contribution in [0.4, 0.5) is 0 Å². The quantitative estimate of drug-likeness (QED) is 0.708. The van der Waals surface area contributed by atoms with Crippen LogP contribution in [0.5, 0.6) is 0 Å². The van der Waals surface area contributed by atoms with Gasteiger partial charge in [-0.2, -0.15) is 10.2 Å². The molecule has 1 saturated carbocycles. The maximum absolute atomic E-state index is 11.8. The predicted molar refractivity (Wildman–Crippen MR) is 69.3 cm³/mol. The van der Waals surface area contributed by atoms with E-state index >= 15 is 0 Å². The summed E-state index contributed by atoms with van der Waals surface area (Å²) in [6.45, 7) is 1.51. The molecule has 0 radical (unpaired) electrons. The summed E-state index contributed by atoms with van der Waals surface area (Å²) in [7, 11) is 0. The maximum Gasteiger partial charge on any atom is 0.220 e. The number of fused-ring (bicyclic) bond motifs is 1. The minimum absolute atomic E-state index is 0.0458. The minimum atomic E-state index is -0.354. The number of amides is 1. The molecule has 0 aromatic carbocycles. The predicted octanol–water partition coefficient (Wildman–Crippen LogP) is 1.64. The van der Waals surface area contributed by atoms with Crippen molar-refractivity contribution in [2.24, 2.45) is 16.1 Å². The first kappa shape index (κ1) is 12.6. The summed E-state index contributed by atoms with van der Waals surface area (Å²) in [5, 5.41) is 11.0. The highest BCUT2D eigenvalue weighted by atomic mass is 16.5. The second kappa shape index (κ2) is 4.61. The molecule has 1 aliphatic carbocycles. The van der Waals surface area contributed by atoms with E-state index in [9.17, 15) is 4.79 Å². The van der Waals surface area contributed by atoms with Crippen LogP contribution in [-0.2, 0) is 9.53 Å². The van der Waals surface area contributed by atoms with Crippen molar-refractivity contribution in [3.05, 3.63) is 0 Å². The second-order valence-corrected chi connectivity index (χ2v) is 5.93. The van der Waals surface area contributed by atoms with Gasteiger partial charge in [-0.1, -0.05) is 0 Å². The molecule has 2 bridgehead atoms. The smallest absolute Gasteiger partial charge is 0.220 e. The Labute approximate surface area is 113 Å². The van der Waals surface area contributed by atoms with E-state index in [0.29, 0.717) is 25.8 Å². The van der Waals surface area contributed by atoms with Gasteiger partial charge < -0.3 is 10.1 Å². The molecule has 5 nitrogen and oxygen atoms in total. The van der Waals surface area contributed by atoms with Gasteiger partial charge in [-0.05, 0) is 18.8 Å². The lowest BCUT2D eigenvalue weighted by molar-refractivity contribution is -0.123. The van der Waals surface area contributed by atoms with Crippen LogP contribution in [-0.4, -0.2) is 30.3 Å². The summed E-state index contributed by atoms with van der Waals surface area (Å²) in [6, 6.07) is 0. The van der Waals surface area contributed by atoms with Crippen LogP contribution in [0, 0.1) is 18.3 Å². The molecule has 4 aliphatic rings. The Morgan fingerprint density at radius 2 is 2.21 bits per heavy atom. The summed E-state index contributed by atoms with van der Waals surface area (Å²) >= 11 is 0. The van der Waals surface area contributed by atoms with E-state index in [4.69, 9.17) is 11.2 Å². The molecule has 1 N–H and O–H groups in total. The Bertz CT molecular complexity index is 435. The van der Waals surface area contributed by atoms with Crippen LogP contribution >= 0.6 is 0 Å². The van der Waals surface area contributed by atoms with E-state index < -0.39 is 0 Å². The highest BCUT2D eigenvalue weighted by molar-refractivity contribution is 5.76. The summed E-state index contributed by atoms with van der Waals surface area (Å²) in [4.78, 5) is 11.8. The molecule has 102 valence electrons. The fraction of sp³-hybridized carbons (Fsp3) is 0.786. The molecule has 19 heavy (non-hydrogen) atoms. The maximum atomic E-state index is 11.8. The molecule has 4 rings (SSSR count). The largest absolute Gasteiger partial charge is 0.373 e. The molecule has 2 saturated heterocycles. The van der Waals surface area contributed by atoms with Crippen LogP contribution in [0.2, 0.25) is 0 Å². The lowest BCUT2D eigenvalue weighted by Crippen LogP contribution is -2.47. The monoisotopic (exact) mass is 261 g/mol. The molecule has 0 spiro atoms. The number of carbonyl (C=O) groups is 1. The Morgan fingerprint density at radius 3 is 2.79 bits per heavy atom. The van der Waals surface area contributed by atoms with Crippen molar-refractivity contribution >= 4 is 5.91 Å². The fourth-order valence-corrected chi connectivity index (χ4v) is 3.05. The van der Waals surface area contributed by atoms with Crippen LogP contribution in [0.1, 0.15) is 38.5 Å². The topological polar surface area (TPSA) is 63.0 Å². The fourth-order valence-electron chi connectivity index (χ4n) is 3.05. The summed E-state index contributed by atoms with van der Waals surface area (Å²) in [6.07, 6.45) is 9.97. The van der Waals surface area contributed by atoms with E-state index in [2.05, 4.69) is 21.5 Å². The van der Waals surface area contributed by atoms with Gasteiger partial charge in [0, 0.05) is 32.2 Å². The molecule has 0 atom stereocenters. The van der Waals surface area contributed by atoms with Crippen LogP contribution in [0.25, 0.3) is 0 Å². The number of hydrogen-bond donors (Lipinski definition) is 1. The van der Waals surface area contributed by atoms with Gasteiger partial charge in [0.2, 0.25) is 5.91 Å². The number of hydrogen-bond acceptors (Lipinski definition) is 4. The second-order valence-electron chi connectivity index (χ2n) is 5.93. The normalized spacial score (nSPS) is 32.5. The first-order valence-electron chi connectivity index (χ1n) is 6.94. The number of rotatable bonds is 7. The third kappa shape index (κ3) is 2.64. The molecule has 0 unspecified atom stereocenters. The van der Waals surface area contributed by atoms with Gasteiger partial charge in [0.15, 0.2) is 5.66 Å². The summed E-state index contributed by atoms with van der Waals surface area (Å²) in [5.74, 6) is 3.38. The van der Waals surface area contributed by atoms with Gasteiger partial charge in [-0.25, -0.2) is 0 Å². The molecule has 3 aliphatic heterocycles. The van der Waals surface area contributed by atoms with Gasteiger partial charge >= 0.3 is 0 Å². The van der Waals surface area contributed by atoms with Crippen molar-refractivity contribution in [2.75, 3.05) is 13.2 Å². The minimum Gasteiger partial charge on any atom is -0.373 e. The van der Waals surface area contributed by atoms with E-state index in [1.54, 1.807) is 0 Å². The van der Waals surface area contributed by atoms with Gasteiger partial charge in [0.25, 0.3) is 0 Å². The lowest BCUT2D eigenvalue weighted by atomic mass is 9.74. The van der Waals surface area contributed by atoms with Gasteiger partial charge in [0.1, 0.15) is 0 Å². The first-order chi connectivity index (χ1) is 9.15. The number of nitrogens with zero attached hydrogens (tertiary/aromatic N) is 2. The van der Waals surface area contributed by atoms with Crippen molar-refractivity contribution in [1.82, 2.24) is 5.32 Å². The molecule has 1 amide bonds. The van der Waals surface area contributed by atoms with Crippen molar-refractivity contribution in [3.8, 4) is 12.3 Å². The molecular weight excluding hydrogens is 242 g/mol. The van der Waals surface area contributed by atoms with Crippen molar-refractivity contribution in [2.45, 2.75) is 49.8 Å². The molecule has 3 fully saturated rings. The summed E-state index contributed by atoms with van der Waals surface area (Å²) < 4.78 is 5.70. The highest BCUT2D eigenvalue weighted by Gasteiger charge is 2.51. The lowest BCUT2D eigenvalue weighted by Gasteiger charge is -2.35. The third-order valence-corrected chi connectivity index (χ3v) is 4.36. The molecule has 0 aromatic heterocycles. The third-order valence-electron chi connectivity index (χ3n) is 4.36. The number of ether oxygens (including phenoxy) is 1. The zero-order valence-electron chi connectivity index (χ0n) is 11.0. The van der Waals surface area contributed by atoms with Crippen molar-refractivity contribution in [3.63, 3.8) is 0 Å². The zero-order chi connectivity index (χ0) is 13.3. The molecule has 3 heterocycles. The van der Waals surface area contributed by atoms with Gasteiger partial charge in [0.05, 0.1) is 12.2 Å². The Hall–Kier alpha value is -1.41. The molecular formula is C14H19N3O2. The number of carbonyl (C=O) groups excluding carboxylic acids is 1. The SMILES string of the molecule is C#CCCC1(CCC(=O)NCC23CC(CO2)C3)N=N1. The number of terminal acetylenes is 1. The first-order valence-corrected chi connectivity index (χ1v) is 6.94. The van der Waals surface area contributed by atoms with Crippen LogP contribution in [0.15, 0.2) is 10.2 Å². The average molecular weight is 261 g/mol. The Balaban J connectivity index is 1.34. The van der Waals surface area contributed by atoms with E-state index in [0.717, 1.165) is 31.8 Å². The number of nitrogens with one attached hydrogen (secondary N) is 1. The van der Waals surface area contributed by atoms with E-state index in [1.165, 1.54) is 0 Å². The average Bonchev–Trinajstić information content (AvgIpc) is 2.85. The van der Waals surface area contributed by atoms with Gasteiger partial charge in [-0.3, -0.25) is 4.79 Å². The van der Waals surface area contributed by atoms with Crippen LogP contribution in [0.3, 0.4) is 0 Å². The molecule has 0 aromatic rings. The highest BCUT2D eigenvalue weighted by Crippen LogP contribution is 2.47. The van der Waals surface area contributed by atoms with Gasteiger partial charge in [-0.15, -0.1) is 12.3 Å². The standard InChI is InChI=1S/C14H19N3O2/c1-2-3-5-14(16-17-14)6-4-12(18)15-10-13-7-11(8-13)9-19-13/h1,11H,3-10H2,(H,15,18). The summed E-state index contributed by atoms with van der Waals surface area (Å²) in [5.41, 5.74) is -0.400. The van der Waals surface area contributed by atoms with Crippen molar-refractivity contribution < 1.29 is 9.53 Å². The zero-order valence-corrected chi connectivity index (χ0v) is 11.0. The molecule has 5 heteroatoms. The van der Waals surface area contributed by atoms with E-state index in [-0.39, 0.29) is 17.2 Å². The van der Waals surface area contributed by atoms with Crippen molar-refractivity contribution in [1.29, 1.82) is 0 Å². The van der Waals surface area contributed by atoms with Crippen LogP contribution < -0.4 is 5.32 Å². The Kier molecular flexibility index (Phi) is 3.06. The van der Waals surface area contributed by atoms with E-state index in [1.807, 2.05) is 0 Å².